The standard InChI is InChI=1S/C23H22ClNOS/c1-17-7-5-6-10-21(17)23(18-8-3-2-4-9-18)25-22(26)15-16-27-20-13-11-19(24)12-14-20/h2-14,23H,15-16H2,1H3,(H,25,26). The Hall–Kier alpha value is -2.23. The molecule has 1 N–H and O–H groups in total. The van der Waals surface area contributed by atoms with Gasteiger partial charge in [-0.05, 0) is 47.9 Å². The third kappa shape index (κ3) is 5.62. The Labute approximate surface area is 170 Å². The molecule has 0 aliphatic carbocycles. The van der Waals surface area contributed by atoms with Crippen molar-refractivity contribution in [1.82, 2.24) is 5.32 Å². The molecule has 0 spiro atoms. The lowest BCUT2D eigenvalue weighted by atomic mass is 9.95. The molecule has 138 valence electrons. The number of hydrogen-bond acceptors (Lipinski definition) is 2. The molecule has 1 amide bonds. The lowest BCUT2D eigenvalue weighted by molar-refractivity contribution is -0.121. The maximum Gasteiger partial charge on any atom is 0.221 e. The molecule has 0 heterocycles. The molecule has 3 rings (SSSR count). The van der Waals surface area contributed by atoms with Crippen LogP contribution in [0.5, 0.6) is 0 Å². The van der Waals surface area contributed by atoms with Crippen molar-refractivity contribution in [3.63, 3.8) is 0 Å². The molecule has 1 unspecified atom stereocenters. The van der Waals surface area contributed by atoms with Crippen LogP contribution in [0.2, 0.25) is 5.02 Å². The highest BCUT2D eigenvalue weighted by Gasteiger charge is 2.18. The SMILES string of the molecule is Cc1ccccc1C(NC(=O)CCSc1ccc(Cl)cc1)c1ccccc1. The van der Waals surface area contributed by atoms with Gasteiger partial charge in [0.2, 0.25) is 5.91 Å². The van der Waals surface area contributed by atoms with Gasteiger partial charge in [-0.2, -0.15) is 0 Å². The summed E-state index contributed by atoms with van der Waals surface area (Å²) in [6.45, 7) is 2.08. The molecule has 3 aromatic rings. The summed E-state index contributed by atoms with van der Waals surface area (Å²) >= 11 is 7.57. The number of carbonyl (C=O) groups excluding carboxylic acids is 1. The Bertz CT molecular complexity index is 880. The van der Waals surface area contributed by atoms with Gasteiger partial charge in [0.05, 0.1) is 6.04 Å². The molecule has 0 aliphatic rings. The van der Waals surface area contributed by atoms with Crippen molar-refractivity contribution in [3.8, 4) is 0 Å². The van der Waals surface area contributed by atoms with E-state index in [1.807, 2.05) is 54.6 Å². The number of hydrogen-bond donors (Lipinski definition) is 1. The normalized spacial score (nSPS) is 11.8. The average molecular weight is 396 g/mol. The summed E-state index contributed by atoms with van der Waals surface area (Å²) in [5, 5.41) is 3.94. The molecule has 0 saturated heterocycles. The Kier molecular flexibility index (Phi) is 6.97. The fraction of sp³-hybridized carbons (Fsp3) is 0.174. The molecule has 0 bridgehead atoms. The third-order valence-corrected chi connectivity index (χ3v) is 5.61. The van der Waals surface area contributed by atoms with Crippen LogP contribution < -0.4 is 5.32 Å². The number of amides is 1. The van der Waals surface area contributed by atoms with E-state index in [0.29, 0.717) is 6.42 Å². The number of halogens is 1. The summed E-state index contributed by atoms with van der Waals surface area (Å²) in [4.78, 5) is 13.7. The van der Waals surface area contributed by atoms with Gasteiger partial charge in [-0.3, -0.25) is 4.79 Å². The van der Waals surface area contributed by atoms with Crippen molar-refractivity contribution < 1.29 is 4.79 Å². The van der Waals surface area contributed by atoms with E-state index in [1.54, 1.807) is 11.8 Å². The fourth-order valence-electron chi connectivity index (χ4n) is 2.92. The zero-order chi connectivity index (χ0) is 19.1. The van der Waals surface area contributed by atoms with E-state index in [9.17, 15) is 4.79 Å². The van der Waals surface area contributed by atoms with E-state index < -0.39 is 0 Å². The number of thioether (sulfide) groups is 1. The van der Waals surface area contributed by atoms with Gasteiger partial charge in [0.1, 0.15) is 0 Å². The maximum absolute atomic E-state index is 12.6. The number of nitrogens with one attached hydrogen (secondary N) is 1. The van der Waals surface area contributed by atoms with Gasteiger partial charge < -0.3 is 5.32 Å². The van der Waals surface area contributed by atoms with Gasteiger partial charge in [0.25, 0.3) is 0 Å². The molecule has 2 nitrogen and oxygen atoms in total. The van der Waals surface area contributed by atoms with Crippen LogP contribution >= 0.6 is 23.4 Å². The molecule has 27 heavy (non-hydrogen) atoms. The first kappa shape index (κ1) is 19.5. The average Bonchev–Trinajstić information content (AvgIpc) is 2.69. The molecule has 0 saturated carbocycles. The van der Waals surface area contributed by atoms with Crippen molar-refractivity contribution in [2.45, 2.75) is 24.3 Å². The predicted molar refractivity (Wildman–Crippen MR) is 114 cm³/mol. The Morgan fingerprint density at radius 1 is 0.963 bits per heavy atom. The van der Waals surface area contributed by atoms with E-state index in [1.165, 1.54) is 5.56 Å². The Morgan fingerprint density at radius 2 is 1.63 bits per heavy atom. The smallest absolute Gasteiger partial charge is 0.221 e. The van der Waals surface area contributed by atoms with Crippen molar-refractivity contribution in [3.05, 3.63) is 101 Å². The van der Waals surface area contributed by atoms with Crippen molar-refractivity contribution in [2.75, 3.05) is 5.75 Å². The van der Waals surface area contributed by atoms with E-state index in [-0.39, 0.29) is 11.9 Å². The molecule has 4 heteroatoms. The molecule has 0 fully saturated rings. The number of aryl methyl sites for hydroxylation is 1. The number of benzene rings is 3. The second-order valence-corrected chi connectivity index (χ2v) is 7.92. The number of rotatable bonds is 7. The second kappa shape index (κ2) is 9.63. The first-order chi connectivity index (χ1) is 13.1. The minimum Gasteiger partial charge on any atom is -0.345 e. The lowest BCUT2D eigenvalue weighted by Gasteiger charge is -2.21. The van der Waals surface area contributed by atoms with Crippen molar-refractivity contribution >= 4 is 29.3 Å². The highest BCUT2D eigenvalue weighted by molar-refractivity contribution is 7.99. The minimum absolute atomic E-state index is 0.0496. The topological polar surface area (TPSA) is 29.1 Å². The summed E-state index contributed by atoms with van der Waals surface area (Å²) in [7, 11) is 0. The molecule has 3 aromatic carbocycles. The summed E-state index contributed by atoms with van der Waals surface area (Å²) in [6.07, 6.45) is 0.461. The van der Waals surface area contributed by atoms with Crippen LogP contribution in [0.1, 0.15) is 29.2 Å². The van der Waals surface area contributed by atoms with E-state index in [4.69, 9.17) is 11.6 Å². The van der Waals surface area contributed by atoms with Gasteiger partial charge in [0, 0.05) is 22.1 Å². The van der Waals surface area contributed by atoms with Gasteiger partial charge in [-0.1, -0.05) is 66.2 Å². The summed E-state index contributed by atoms with van der Waals surface area (Å²) in [5.74, 6) is 0.775. The summed E-state index contributed by atoms with van der Waals surface area (Å²) < 4.78 is 0. The van der Waals surface area contributed by atoms with Crippen LogP contribution in [0.25, 0.3) is 0 Å². The molecular formula is C23H22ClNOS. The van der Waals surface area contributed by atoms with Crippen LogP contribution in [-0.2, 0) is 4.79 Å². The summed E-state index contributed by atoms with van der Waals surface area (Å²) in [6, 6.07) is 25.8. The largest absolute Gasteiger partial charge is 0.345 e. The highest BCUT2D eigenvalue weighted by atomic mass is 35.5. The predicted octanol–water partition coefficient (Wildman–Crippen LogP) is 6.04. The molecular weight excluding hydrogens is 374 g/mol. The Balaban J connectivity index is 1.66. The first-order valence-corrected chi connectivity index (χ1v) is 10.3. The van der Waals surface area contributed by atoms with Crippen molar-refractivity contribution in [1.29, 1.82) is 0 Å². The van der Waals surface area contributed by atoms with Crippen LogP contribution in [0.4, 0.5) is 0 Å². The molecule has 0 aromatic heterocycles. The zero-order valence-corrected chi connectivity index (χ0v) is 16.8. The van der Waals surface area contributed by atoms with Crippen LogP contribution in [0.3, 0.4) is 0 Å². The van der Waals surface area contributed by atoms with E-state index >= 15 is 0 Å². The zero-order valence-electron chi connectivity index (χ0n) is 15.2. The van der Waals surface area contributed by atoms with Crippen LogP contribution in [-0.4, -0.2) is 11.7 Å². The van der Waals surface area contributed by atoms with Crippen molar-refractivity contribution in [2.24, 2.45) is 0 Å². The van der Waals surface area contributed by atoms with Gasteiger partial charge >= 0.3 is 0 Å². The maximum atomic E-state index is 12.6. The second-order valence-electron chi connectivity index (χ2n) is 6.32. The van der Waals surface area contributed by atoms with Gasteiger partial charge in [-0.15, -0.1) is 11.8 Å². The first-order valence-electron chi connectivity index (χ1n) is 8.91. The molecule has 0 radical (unpaired) electrons. The monoisotopic (exact) mass is 395 g/mol. The van der Waals surface area contributed by atoms with E-state index in [2.05, 4.69) is 36.5 Å². The van der Waals surface area contributed by atoms with E-state index in [0.717, 1.165) is 26.8 Å². The number of carbonyl (C=O) groups is 1. The fourth-order valence-corrected chi connectivity index (χ4v) is 3.90. The van der Waals surface area contributed by atoms with Gasteiger partial charge in [-0.25, -0.2) is 0 Å². The Morgan fingerprint density at radius 3 is 2.33 bits per heavy atom. The third-order valence-electron chi connectivity index (χ3n) is 4.35. The summed E-state index contributed by atoms with van der Waals surface area (Å²) in [5.41, 5.74) is 3.38. The highest BCUT2D eigenvalue weighted by Crippen LogP contribution is 2.25. The van der Waals surface area contributed by atoms with Crippen LogP contribution in [0, 0.1) is 6.92 Å². The lowest BCUT2D eigenvalue weighted by Crippen LogP contribution is -2.30. The minimum atomic E-state index is -0.138. The molecule has 0 aliphatic heterocycles. The molecule has 1 atom stereocenters. The quantitative estimate of drug-likeness (QED) is 0.494. The van der Waals surface area contributed by atoms with Gasteiger partial charge in [0.15, 0.2) is 0 Å². The van der Waals surface area contributed by atoms with Crippen LogP contribution in [0.15, 0.2) is 83.8 Å².